The van der Waals surface area contributed by atoms with Crippen LogP contribution in [-0.2, 0) is 0 Å². The average molecular weight is 376 g/mol. The third-order valence-corrected chi connectivity index (χ3v) is 4.07. The standard InChI is InChI=1S/C21H20N4O3/c1-28-19-4-2-3-17(11-19)21(27)25-10-9-24-20(26)16-7-5-15(6-8-16)18-12-22-14-23-13-18/h2-8,11-14H,9-10H2,1H3,(H,24,26)(H,25,27). The first-order chi connectivity index (χ1) is 13.7. The molecule has 3 aromatic rings. The van der Waals surface area contributed by atoms with Gasteiger partial charge in [-0.25, -0.2) is 9.97 Å². The predicted octanol–water partition coefficient (Wildman–Crippen LogP) is 2.31. The highest BCUT2D eigenvalue weighted by molar-refractivity contribution is 5.95. The van der Waals surface area contributed by atoms with Crippen LogP contribution in [0.15, 0.2) is 67.3 Å². The summed E-state index contributed by atoms with van der Waals surface area (Å²) in [7, 11) is 1.55. The maximum absolute atomic E-state index is 12.2. The van der Waals surface area contributed by atoms with Gasteiger partial charge in [0.15, 0.2) is 0 Å². The smallest absolute Gasteiger partial charge is 0.251 e. The Bertz CT molecular complexity index is 943. The second kappa shape index (κ2) is 9.27. The summed E-state index contributed by atoms with van der Waals surface area (Å²) in [5.41, 5.74) is 2.86. The molecule has 0 radical (unpaired) electrons. The van der Waals surface area contributed by atoms with Crippen molar-refractivity contribution in [1.29, 1.82) is 0 Å². The van der Waals surface area contributed by atoms with Crippen molar-refractivity contribution in [3.8, 4) is 16.9 Å². The van der Waals surface area contributed by atoms with E-state index in [4.69, 9.17) is 4.74 Å². The van der Waals surface area contributed by atoms with Crippen LogP contribution < -0.4 is 15.4 Å². The Kier molecular flexibility index (Phi) is 6.30. The van der Waals surface area contributed by atoms with Gasteiger partial charge in [-0.3, -0.25) is 9.59 Å². The van der Waals surface area contributed by atoms with Crippen LogP contribution in [0.3, 0.4) is 0 Å². The Labute approximate surface area is 162 Å². The molecule has 0 fully saturated rings. The molecule has 28 heavy (non-hydrogen) atoms. The highest BCUT2D eigenvalue weighted by Crippen LogP contribution is 2.17. The quantitative estimate of drug-likeness (QED) is 0.617. The molecule has 0 unspecified atom stereocenters. The van der Waals surface area contributed by atoms with E-state index in [0.717, 1.165) is 11.1 Å². The van der Waals surface area contributed by atoms with Crippen LogP contribution in [0, 0.1) is 0 Å². The molecular formula is C21H20N4O3. The number of carbonyl (C=O) groups is 2. The summed E-state index contributed by atoms with van der Waals surface area (Å²) < 4.78 is 5.10. The van der Waals surface area contributed by atoms with Gasteiger partial charge in [0.25, 0.3) is 11.8 Å². The zero-order valence-electron chi connectivity index (χ0n) is 15.4. The third kappa shape index (κ3) is 4.91. The van der Waals surface area contributed by atoms with E-state index in [0.29, 0.717) is 30.0 Å². The van der Waals surface area contributed by atoms with Gasteiger partial charge in [0, 0.05) is 42.2 Å². The Morgan fingerprint density at radius 2 is 1.50 bits per heavy atom. The van der Waals surface area contributed by atoms with Crippen molar-refractivity contribution in [3.63, 3.8) is 0 Å². The molecule has 0 spiro atoms. The maximum Gasteiger partial charge on any atom is 0.251 e. The number of nitrogens with zero attached hydrogens (tertiary/aromatic N) is 2. The molecule has 0 aliphatic rings. The van der Waals surface area contributed by atoms with E-state index in [9.17, 15) is 9.59 Å². The van der Waals surface area contributed by atoms with E-state index >= 15 is 0 Å². The summed E-state index contributed by atoms with van der Waals surface area (Å²) in [6.45, 7) is 0.643. The summed E-state index contributed by atoms with van der Waals surface area (Å²) in [5, 5.41) is 5.55. The van der Waals surface area contributed by atoms with Crippen molar-refractivity contribution in [2.24, 2.45) is 0 Å². The predicted molar refractivity (Wildman–Crippen MR) is 105 cm³/mol. The Balaban J connectivity index is 1.47. The first-order valence-electron chi connectivity index (χ1n) is 8.73. The van der Waals surface area contributed by atoms with Gasteiger partial charge in [-0.2, -0.15) is 0 Å². The number of amides is 2. The number of rotatable bonds is 7. The zero-order valence-corrected chi connectivity index (χ0v) is 15.4. The van der Waals surface area contributed by atoms with Gasteiger partial charge < -0.3 is 15.4 Å². The SMILES string of the molecule is COc1cccc(C(=O)NCCNC(=O)c2ccc(-c3cncnc3)cc2)c1. The Morgan fingerprint density at radius 1 is 0.857 bits per heavy atom. The normalized spacial score (nSPS) is 10.2. The van der Waals surface area contributed by atoms with E-state index in [1.807, 2.05) is 12.1 Å². The summed E-state index contributed by atoms with van der Waals surface area (Å²) in [4.78, 5) is 32.3. The highest BCUT2D eigenvalue weighted by atomic mass is 16.5. The van der Waals surface area contributed by atoms with Gasteiger partial charge in [0.2, 0.25) is 0 Å². The van der Waals surface area contributed by atoms with Crippen LogP contribution in [0.4, 0.5) is 0 Å². The minimum atomic E-state index is -0.220. The number of aromatic nitrogens is 2. The fourth-order valence-corrected chi connectivity index (χ4v) is 2.58. The molecule has 0 bridgehead atoms. The van der Waals surface area contributed by atoms with Crippen molar-refractivity contribution >= 4 is 11.8 Å². The summed E-state index contributed by atoms with van der Waals surface area (Å²) >= 11 is 0. The molecule has 0 saturated carbocycles. The molecule has 2 N–H and O–H groups in total. The maximum atomic E-state index is 12.2. The number of hydrogen-bond donors (Lipinski definition) is 2. The average Bonchev–Trinajstić information content (AvgIpc) is 2.77. The summed E-state index contributed by atoms with van der Waals surface area (Å²) in [6, 6.07) is 14.1. The lowest BCUT2D eigenvalue weighted by Gasteiger charge is -2.08. The highest BCUT2D eigenvalue weighted by Gasteiger charge is 2.08. The van der Waals surface area contributed by atoms with Crippen LogP contribution >= 0.6 is 0 Å². The summed E-state index contributed by atoms with van der Waals surface area (Å²) in [6.07, 6.45) is 4.90. The molecule has 0 aliphatic heterocycles. The van der Waals surface area contributed by atoms with Crippen molar-refractivity contribution in [2.75, 3.05) is 20.2 Å². The molecule has 0 aliphatic carbocycles. The van der Waals surface area contributed by atoms with Crippen LogP contribution in [0.2, 0.25) is 0 Å². The largest absolute Gasteiger partial charge is 0.497 e. The first kappa shape index (κ1) is 19.0. The number of benzene rings is 2. The van der Waals surface area contributed by atoms with Crippen molar-refractivity contribution in [2.45, 2.75) is 0 Å². The molecule has 142 valence electrons. The number of nitrogens with one attached hydrogen (secondary N) is 2. The number of methoxy groups -OCH3 is 1. The molecule has 0 saturated heterocycles. The monoisotopic (exact) mass is 376 g/mol. The number of hydrogen-bond acceptors (Lipinski definition) is 5. The summed E-state index contributed by atoms with van der Waals surface area (Å²) in [5.74, 6) is 0.195. The van der Waals surface area contributed by atoms with Gasteiger partial charge in [0.05, 0.1) is 7.11 Å². The van der Waals surface area contributed by atoms with Gasteiger partial charge in [-0.1, -0.05) is 18.2 Å². The Morgan fingerprint density at radius 3 is 2.14 bits per heavy atom. The molecule has 1 heterocycles. The van der Waals surface area contributed by atoms with Gasteiger partial charge in [0.1, 0.15) is 12.1 Å². The topological polar surface area (TPSA) is 93.2 Å². The molecule has 2 aromatic carbocycles. The molecule has 1 aromatic heterocycles. The minimum absolute atomic E-state index is 0.202. The lowest BCUT2D eigenvalue weighted by atomic mass is 10.1. The van der Waals surface area contributed by atoms with Gasteiger partial charge in [-0.15, -0.1) is 0 Å². The molecule has 2 amide bonds. The molecule has 7 heteroatoms. The second-order valence-electron chi connectivity index (χ2n) is 5.95. The molecular weight excluding hydrogens is 356 g/mol. The van der Waals surface area contributed by atoms with Crippen LogP contribution in [0.25, 0.3) is 11.1 Å². The second-order valence-corrected chi connectivity index (χ2v) is 5.95. The van der Waals surface area contributed by atoms with Crippen LogP contribution in [0.5, 0.6) is 5.75 Å². The van der Waals surface area contributed by atoms with Crippen molar-refractivity contribution in [3.05, 3.63) is 78.4 Å². The van der Waals surface area contributed by atoms with E-state index in [-0.39, 0.29) is 11.8 Å². The fourth-order valence-electron chi connectivity index (χ4n) is 2.58. The van der Waals surface area contributed by atoms with E-state index in [1.54, 1.807) is 55.9 Å². The van der Waals surface area contributed by atoms with E-state index < -0.39 is 0 Å². The fraction of sp³-hybridized carbons (Fsp3) is 0.143. The molecule has 3 rings (SSSR count). The minimum Gasteiger partial charge on any atom is -0.497 e. The molecule has 0 atom stereocenters. The van der Waals surface area contributed by atoms with E-state index in [2.05, 4.69) is 20.6 Å². The van der Waals surface area contributed by atoms with E-state index in [1.165, 1.54) is 6.33 Å². The van der Waals surface area contributed by atoms with Crippen molar-refractivity contribution in [1.82, 2.24) is 20.6 Å². The third-order valence-electron chi connectivity index (χ3n) is 4.07. The number of carbonyl (C=O) groups excluding carboxylic acids is 2. The molecule has 7 nitrogen and oxygen atoms in total. The van der Waals surface area contributed by atoms with Gasteiger partial charge >= 0.3 is 0 Å². The van der Waals surface area contributed by atoms with Gasteiger partial charge in [-0.05, 0) is 35.9 Å². The zero-order chi connectivity index (χ0) is 19.8. The Hall–Kier alpha value is -3.74. The first-order valence-corrected chi connectivity index (χ1v) is 8.73. The lowest BCUT2D eigenvalue weighted by molar-refractivity contribution is 0.0927. The van der Waals surface area contributed by atoms with Crippen LogP contribution in [0.1, 0.15) is 20.7 Å². The lowest BCUT2D eigenvalue weighted by Crippen LogP contribution is -2.34. The number of ether oxygens (including phenoxy) is 1. The van der Waals surface area contributed by atoms with Crippen LogP contribution in [-0.4, -0.2) is 42.0 Å². The van der Waals surface area contributed by atoms with Crippen molar-refractivity contribution < 1.29 is 14.3 Å².